The number of nitrogens with one attached hydrogen (secondary N) is 2. The Morgan fingerprint density at radius 2 is 1.96 bits per heavy atom. The van der Waals surface area contributed by atoms with E-state index < -0.39 is 18.0 Å². The van der Waals surface area contributed by atoms with E-state index in [9.17, 15) is 9.59 Å². The van der Waals surface area contributed by atoms with Crippen LogP contribution in [0.15, 0.2) is 54.9 Å². The number of carbonyl (C=O) groups excluding carboxylic acids is 2. The topological polar surface area (TPSA) is 97.0 Å². The molecule has 138 valence electrons. The van der Waals surface area contributed by atoms with Gasteiger partial charge in [0.2, 0.25) is 0 Å². The molecule has 2 heterocycles. The lowest BCUT2D eigenvalue weighted by atomic mass is 10.1. The molecule has 3 rings (SSSR count). The predicted molar refractivity (Wildman–Crippen MR) is 101 cm³/mol. The molecule has 3 aromatic rings. The van der Waals surface area contributed by atoms with Crippen LogP contribution in [0.5, 0.6) is 0 Å². The quantitative estimate of drug-likeness (QED) is 0.654. The van der Waals surface area contributed by atoms with Crippen molar-refractivity contribution >= 4 is 17.7 Å². The Kier molecular flexibility index (Phi) is 5.61. The fourth-order valence-electron chi connectivity index (χ4n) is 2.53. The second kappa shape index (κ2) is 8.27. The molecule has 7 nitrogen and oxygen atoms in total. The summed E-state index contributed by atoms with van der Waals surface area (Å²) in [5.74, 6) is 0.181. The number of H-pyrrole nitrogens is 1. The lowest BCUT2D eigenvalue weighted by Crippen LogP contribution is -2.32. The van der Waals surface area contributed by atoms with Gasteiger partial charge >= 0.3 is 5.97 Å². The number of anilines is 1. The van der Waals surface area contributed by atoms with E-state index in [0.29, 0.717) is 23.6 Å². The van der Waals surface area contributed by atoms with Crippen molar-refractivity contribution in [2.45, 2.75) is 26.4 Å². The number of amides is 1. The molecule has 0 radical (unpaired) electrons. The van der Waals surface area contributed by atoms with Crippen molar-refractivity contribution in [2.75, 3.05) is 5.32 Å². The van der Waals surface area contributed by atoms with Crippen LogP contribution >= 0.6 is 0 Å². The second-order valence-corrected chi connectivity index (χ2v) is 5.97. The van der Waals surface area contributed by atoms with Gasteiger partial charge < -0.3 is 15.0 Å². The molecule has 2 aromatic heterocycles. The summed E-state index contributed by atoms with van der Waals surface area (Å²) < 4.78 is 5.38. The zero-order valence-corrected chi connectivity index (χ0v) is 15.1. The summed E-state index contributed by atoms with van der Waals surface area (Å²) in [7, 11) is 0. The maximum atomic E-state index is 12.4. The Balaban J connectivity index is 1.65. The van der Waals surface area contributed by atoms with Crippen LogP contribution in [0.3, 0.4) is 0 Å². The molecule has 0 saturated carbocycles. The molecule has 0 saturated heterocycles. The van der Waals surface area contributed by atoms with Crippen molar-refractivity contribution in [2.24, 2.45) is 0 Å². The number of aromatic amines is 1. The van der Waals surface area contributed by atoms with E-state index >= 15 is 0 Å². The van der Waals surface area contributed by atoms with Gasteiger partial charge in [-0.25, -0.2) is 14.8 Å². The normalized spacial score (nSPS) is 11.6. The number of rotatable bonds is 6. The molecule has 7 heteroatoms. The number of aromatic nitrogens is 3. The molecule has 0 bridgehead atoms. The Bertz CT molecular complexity index is 921. The van der Waals surface area contributed by atoms with E-state index in [1.807, 2.05) is 13.0 Å². The van der Waals surface area contributed by atoms with Gasteiger partial charge in [0.1, 0.15) is 11.6 Å². The van der Waals surface area contributed by atoms with E-state index in [-0.39, 0.29) is 0 Å². The van der Waals surface area contributed by atoms with Crippen LogP contribution < -0.4 is 5.32 Å². The van der Waals surface area contributed by atoms with E-state index in [1.165, 1.54) is 0 Å². The van der Waals surface area contributed by atoms with Crippen LogP contribution in [0, 0.1) is 6.92 Å². The number of imidazole rings is 1. The highest BCUT2D eigenvalue weighted by atomic mass is 16.5. The number of carbonyl (C=O) groups is 2. The summed E-state index contributed by atoms with van der Waals surface area (Å²) in [4.78, 5) is 36.2. The Morgan fingerprint density at radius 1 is 1.19 bits per heavy atom. The van der Waals surface area contributed by atoms with E-state index in [2.05, 4.69) is 20.3 Å². The summed E-state index contributed by atoms with van der Waals surface area (Å²) in [6.45, 7) is 3.61. The smallest absolute Gasteiger partial charge is 0.338 e. The van der Waals surface area contributed by atoms with Gasteiger partial charge in [-0.1, -0.05) is 25.1 Å². The number of hydrogen-bond acceptors (Lipinski definition) is 5. The SMILES string of the molecule is CCC(OC(=O)c1ccc(-c2ncc[nH]2)cc1)C(=O)Nc1cccc(C)n1. The second-order valence-electron chi connectivity index (χ2n) is 5.97. The predicted octanol–water partition coefficient (Wildman–Crippen LogP) is 3.35. The average molecular weight is 364 g/mol. The minimum atomic E-state index is -0.899. The molecule has 1 amide bonds. The molecule has 0 aliphatic heterocycles. The van der Waals surface area contributed by atoms with Crippen molar-refractivity contribution in [3.05, 3.63) is 66.1 Å². The van der Waals surface area contributed by atoms with Crippen LogP contribution in [0.25, 0.3) is 11.4 Å². The van der Waals surface area contributed by atoms with Crippen LogP contribution in [-0.4, -0.2) is 32.9 Å². The van der Waals surface area contributed by atoms with Crippen molar-refractivity contribution in [3.63, 3.8) is 0 Å². The van der Waals surface area contributed by atoms with Crippen molar-refractivity contribution < 1.29 is 14.3 Å². The zero-order chi connectivity index (χ0) is 19.2. The molecule has 0 fully saturated rings. The third kappa shape index (κ3) is 4.58. The van der Waals surface area contributed by atoms with Gasteiger partial charge in [-0.2, -0.15) is 0 Å². The number of benzene rings is 1. The number of nitrogens with zero attached hydrogens (tertiary/aromatic N) is 2. The molecule has 1 aromatic carbocycles. The maximum absolute atomic E-state index is 12.4. The van der Waals surface area contributed by atoms with Crippen LogP contribution in [0.4, 0.5) is 5.82 Å². The fourth-order valence-corrected chi connectivity index (χ4v) is 2.53. The fraction of sp³-hybridized carbons (Fsp3) is 0.200. The van der Waals surface area contributed by atoms with Crippen LogP contribution in [0.1, 0.15) is 29.4 Å². The summed E-state index contributed by atoms with van der Waals surface area (Å²) in [5.41, 5.74) is 2.01. The minimum Gasteiger partial charge on any atom is -0.449 e. The van der Waals surface area contributed by atoms with Gasteiger partial charge in [0.25, 0.3) is 5.91 Å². The lowest BCUT2D eigenvalue weighted by molar-refractivity contribution is -0.124. The van der Waals surface area contributed by atoms with Crippen molar-refractivity contribution in [1.29, 1.82) is 0 Å². The monoisotopic (exact) mass is 364 g/mol. The number of ether oxygens (including phenoxy) is 1. The highest BCUT2D eigenvalue weighted by molar-refractivity contribution is 5.97. The zero-order valence-electron chi connectivity index (χ0n) is 15.1. The first-order valence-electron chi connectivity index (χ1n) is 8.62. The highest BCUT2D eigenvalue weighted by Gasteiger charge is 2.22. The Morgan fingerprint density at radius 3 is 2.59 bits per heavy atom. The van der Waals surface area contributed by atoms with Crippen molar-refractivity contribution in [3.8, 4) is 11.4 Å². The number of esters is 1. The van der Waals surface area contributed by atoms with E-state index in [0.717, 1.165) is 11.3 Å². The van der Waals surface area contributed by atoms with Gasteiger partial charge in [0.15, 0.2) is 6.10 Å². The van der Waals surface area contributed by atoms with Gasteiger partial charge in [0, 0.05) is 23.7 Å². The van der Waals surface area contributed by atoms with Gasteiger partial charge in [0.05, 0.1) is 5.56 Å². The van der Waals surface area contributed by atoms with E-state index in [1.54, 1.807) is 55.7 Å². The van der Waals surface area contributed by atoms with Crippen LogP contribution in [-0.2, 0) is 9.53 Å². The van der Waals surface area contributed by atoms with Crippen LogP contribution in [0.2, 0.25) is 0 Å². The summed E-state index contributed by atoms with van der Waals surface area (Å²) >= 11 is 0. The molecule has 27 heavy (non-hydrogen) atoms. The molecular formula is C20H20N4O3. The lowest BCUT2D eigenvalue weighted by Gasteiger charge is -2.16. The molecule has 2 N–H and O–H groups in total. The average Bonchev–Trinajstić information content (AvgIpc) is 3.20. The molecule has 0 aliphatic rings. The maximum Gasteiger partial charge on any atom is 0.338 e. The molecule has 0 aliphatic carbocycles. The first kappa shape index (κ1) is 18.3. The largest absolute Gasteiger partial charge is 0.449 e. The number of pyridine rings is 1. The number of aryl methyl sites for hydroxylation is 1. The van der Waals surface area contributed by atoms with Gasteiger partial charge in [-0.05, 0) is 37.6 Å². The third-order valence-electron chi connectivity index (χ3n) is 3.94. The Hall–Kier alpha value is -3.48. The minimum absolute atomic E-state index is 0.355. The molecule has 0 spiro atoms. The standard InChI is InChI=1S/C20H20N4O3/c1-3-16(19(25)24-17-6-4-5-13(2)23-17)27-20(26)15-9-7-14(8-10-15)18-21-11-12-22-18/h4-12,16H,3H2,1-2H3,(H,21,22)(H,23,24,25). The molecule has 1 atom stereocenters. The summed E-state index contributed by atoms with van der Waals surface area (Å²) in [6.07, 6.45) is 2.84. The van der Waals surface area contributed by atoms with E-state index in [4.69, 9.17) is 4.74 Å². The van der Waals surface area contributed by atoms with Crippen molar-refractivity contribution in [1.82, 2.24) is 15.0 Å². The van der Waals surface area contributed by atoms with Gasteiger partial charge in [-0.15, -0.1) is 0 Å². The first-order valence-corrected chi connectivity index (χ1v) is 8.62. The third-order valence-corrected chi connectivity index (χ3v) is 3.94. The number of hydrogen-bond donors (Lipinski definition) is 2. The van der Waals surface area contributed by atoms with Gasteiger partial charge in [-0.3, -0.25) is 4.79 Å². The summed E-state index contributed by atoms with van der Waals surface area (Å²) in [5, 5.41) is 2.68. The first-order chi connectivity index (χ1) is 13.1. The highest BCUT2D eigenvalue weighted by Crippen LogP contribution is 2.16. The summed E-state index contributed by atoms with van der Waals surface area (Å²) in [6, 6.07) is 12.2. The molecular weight excluding hydrogens is 344 g/mol. The molecule has 1 unspecified atom stereocenters. The Labute approximate surface area is 156 Å².